The minimum Gasteiger partial charge on any atom is -0.287 e. The summed E-state index contributed by atoms with van der Waals surface area (Å²) in [5, 5.41) is 5.09. The Balaban J connectivity index is 2.11. The smallest absolute Gasteiger partial charge is 0.211 e. The lowest BCUT2D eigenvalue weighted by molar-refractivity contribution is 0.103. The van der Waals surface area contributed by atoms with E-state index in [2.05, 4.69) is 17.0 Å². The van der Waals surface area contributed by atoms with Crippen molar-refractivity contribution in [3.8, 4) is 0 Å². The van der Waals surface area contributed by atoms with Gasteiger partial charge >= 0.3 is 0 Å². The molecule has 4 nitrogen and oxygen atoms in total. The first-order valence-electron chi connectivity index (χ1n) is 6.71. The SMILES string of the molecule is CCCn1nccc1C(=O)c1cccc2ncccc12. The Morgan fingerprint density at radius 3 is 2.90 bits per heavy atom. The molecule has 3 rings (SSSR count). The molecule has 2 aromatic heterocycles. The van der Waals surface area contributed by atoms with Crippen molar-refractivity contribution >= 4 is 16.7 Å². The highest BCUT2D eigenvalue weighted by Crippen LogP contribution is 2.19. The van der Waals surface area contributed by atoms with Crippen molar-refractivity contribution in [2.45, 2.75) is 19.9 Å². The number of fused-ring (bicyclic) bond motifs is 1. The van der Waals surface area contributed by atoms with E-state index in [0.717, 1.165) is 23.9 Å². The van der Waals surface area contributed by atoms with Crippen LogP contribution < -0.4 is 0 Å². The molecule has 0 aliphatic heterocycles. The number of aryl methyl sites for hydroxylation is 1. The topological polar surface area (TPSA) is 47.8 Å². The molecular weight excluding hydrogens is 250 g/mol. The molecule has 3 aromatic rings. The van der Waals surface area contributed by atoms with Crippen molar-refractivity contribution < 1.29 is 4.79 Å². The second-order valence-electron chi connectivity index (χ2n) is 4.64. The molecule has 0 aliphatic carbocycles. The normalized spacial score (nSPS) is 10.8. The highest BCUT2D eigenvalue weighted by atomic mass is 16.1. The van der Waals surface area contributed by atoms with Crippen molar-refractivity contribution in [1.29, 1.82) is 0 Å². The molecule has 20 heavy (non-hydrogen) atoms. The Labute approximate surface area is 117 Å². The Bertz CT molecular complexity index is 756. The number of ketones is 1. The molecule has 0 spiro atoms. The van der Waals surface area contributed by atoms with Gasteiger partial charge in [-0.05, 0) is 24.6 Å². The molecule has 100 valence electrons. The van der Waals surface area contributed by atoms with Crippen LogP contribution in [0, 0.1) is 0 Å². The largest absolute Gasteiger partial charge is 0.287 e. The van der Waals surface area contributed by atoms with Crippen molar-refractivity contribution in [2.75, 3.05) is 0 Å². The highest BCUT2D eigenvalue weighted by Gasteiger charge is 2.16. The molecule has 0 bridgehead atoms. The van der Waals surface area contributed by atoms with Crippen LogP contribution in [-0.2, 0) is 6.54 Å². The van der Waals surface area contributed by atoms with Crippen molar-refractivity contribution in [3.63, 3.8) is 0 Å². The molecule has 0 saturated carbocycles. The molecule has 4 heteroatoms. The zero-order chi connectivity index (χ0) is 13.9. The zero-order valence-electron chi connectivity index (χ0n) is 11.3. The number of carbonyl (C=O) groups excluding carboxylic acids is 1. The van der Waals surface area contributed by atoms with Crippen LogP contribution in [0.4, 0.5) is 0 Å². The molecule has 0 amide bonds. The second-order valence-corrected chi connectivity index (χ2v) is 4.64. The van der Waals surface area contributed by atoms with Gasteiger partial charge in [-0.15, -0.1) is 0 Å². The van der Waals surface area contributed by atoms with Gasteiger partial charge in [-0.3, -0.25) is 14.5 Å². The van der Waals surface area contributed by atoms with Gasteiger partial charge in [0.15, 0.2) is 0 Å². The number of aromatic nitrogens is 3. The molecule has 0 N–H and O–H groups in total. The van der Waals surface area contributed by atoms with Crippen LogP contribution in [0.25, 0.3) is 10.9 Å². The van der Waals surface area contributed by atoms with Gasteiger partial charge in [0.1, 0.15) is 5.69 Å². The average Bonchev–Trinajstić information content (AvgIpc) is 2.94. The Kier molecular flexibility index (Phi) is 3.29. The van der Waals surface area contributed by atoms with Crippen LogP contribution in [0.1, 0.15) is 29.4 Å². The fourth-order valence-electron chi connectivity index (χ4n) is 2.35. The number of hydrogen-bond acceptors (Lipinski definition) is 3. The van der Waals surface area contributed by atoms with E-state index in [0.29, 0.717) is 11.3 Å². The third-order valence-electron chi connectivity index (χ3n) is 3.27. The number of pyridine rings is 1. The molecule has 0 aliphatic rings. The van der Waals surface area contributed by atoms with E-state index in [1.165, 1.54) is 0 Å². The third kappa shape index (κ3) is 2.09. The van der Waals surface area contributed by atoms with Crippen LogP contribution in [-0.4, -0.2) is 20.5 Å². The quantitative estimate of drug-likeness (QED) is 0.681. The van der Waals surface area contributed by atoms with Gasteiger partial charge in [-0.25, -0.2) is 0 Å². The van der Waals surface area contributed by atoms with Crippen LogP contribution in [0.5, 0.6) is 0 Å². The molecule has 0 saturated heterocycles. The highest BCUT2D eigenvalue weighted by molar-refractivity contribution is 6.15. The van der Waals surface area contributed by atoms with E-state index >= 15 is 0 Å². The Morgan fingerprint density at radius 1 is 1.15 bits per heavy atom. The van der Waals surface area contributed by atoms with Crippen LogP contribution in [0.3, 0.4) is 0 Å². The fraction of sp³-hybridized carbons (Fsp3) is 0.188. The summed E-state index contributed by atoms with van der Waals surface area (Å²) in [5.74, 6) is -0.00505. The zero-order valence-corrected chi connectivity index (χ0v) is 11.3. The first-order chi connectivity index (χ1) is 9.81. The molecule has 0 radical (unpaired) electrons. The summed E-state index contributed by atoms with van der Waals surface area (Å²) in [6.45, 7) is 2.81. The third-order valence-corrected chi connectivity index (χ3v) is 3.27. The predicted molar refractivity (Wildman–Crippen MR) is 77.7 cm³/mol. The Hall–Kier alpha value is -2.49. The van der Waals surface area contributed by atoms with Gasteiger partial charge < -0.3 is 0 Å². The second kappa shape index (κ2) is 5.25. The fourth-order valence-corrected chi connectivity index (χ4v) is 2.35. The minimum atomic E-state index is -0.00505. The lowest BCUT2D eigenvalue weighted by Crippen LogP contribution is -2.11. The summed E-state index contributed by atoms with van der Waals surface area (Å²) in [7, 11) is 0. The van der Waals surface area contributed by atoms with E-state index in [9.17, 15) is 4.79 Å². The van der Waals surface area contributed by atoms with E-state index in [-0.39, 0.29) is 5.78 Å². The van der Waals surface area contributed by atoms with Crippen molar-refractivity contribution in [2.24, 2.45) is 0 Å². The van der Waals surface area contributed by atoms with E-state index < -0.39 is 0 Å². The van der Waals surface area contributed by atoms with E-state index in [1.807, 2.05) is 30.3 Å². The standard InChI is InChI=1S/C16H15N3O/c1-2-11-19-15(8-10-18-19)16(20)13-5-3-7-14-12(13)6-4-9-17-14/h3-10H,2,11H2,1H3. The van der Waals surface area contributed by atoms with Gasteiger partial charge in [0.2, 0.25) is 5.78 Å². The number of nitrogens with zero attached hydrogens (tertiary/aromatic N) is 3. The summed E-state index contributed by atoms with van der Waals surface area (Å²) in [6.07, 6.45) is 4.35. The molecule has 0 unspecified atom stereocenters. The summed E-state index contributed by atoms with van der Waals surface area (Å²) >= 11 is 0. The van der Waals surface area contributed by atoms with E-state index in [4.69, 9.17) is 0 Å². The molecule has 0 atom stereocenters. The number of benzene rings is 1. The maximum Gasteiger partial charge on any atom is 0.211 e. The van der Waals surface area contributed by atoms with Gasteiger partial charge in [0.05, 0.1) is 5.52 Å². The number of rotatable bonds is 4. The summed E-state index contributed by atoms with van der Waals surface area (Å²) in [6, 6.07) is 11.2. The van der Waals surface area contributed by atoms with Gasteiger partial charge in [0.25, 0.3) is 0 Å². The number of carbonyl (C=O) groups is 1. The first-order valence-corrected chi connectivity index (χ1v) is 6.71. The van der Waals surface area contributed by atoms with Crippen LogP contribution in [0.2, 0.25) is 0 Å². The first kappa shape index (κ1) is 12.5. The monoisotopic (exact) mass is 265 g/mol. The summed E-state index contributed by atoms with van der Waals surface area (Å²) in [5.41, 5.74) is 2.14. The summed E-state index contributed by atoms with van der Waals surface area (Å²) < 4.78 is 1.76. The lowest BCUT2D eigenvalue weighted by atomic mass is 10.0. The van der Waals surface area contributed by atoms with Crippen molar-refractivity contribution in [1.82, 2.24) is 14.8 Å². The maximum atomic E-state index is 12.7. The molecule has 0 fully saturated rings. The van der Waals surface area contributed by atoms with E-state index in [1.54, 1.807) is 23.1 Å². The minimum absolute atomic E-state index is 0.00505. The van der Waals surface area contributed by atoms with Gasteiger partial charge in [-0.1, -0.05) is 25.1 Å². The van der Waals surface area contributed by atoms with Crippen molar-refractivity contribution in [3.05, 3.63) is 60.0 Å². The van der Waals surface area contributed by atoms with Gasteiger partial charge in [-0.2, -0.15) is 5.10 Å². The van der Waals surface area contributed by atoms with Crippen LogP contribution in [0.15, 0.2) is 48.8 Å². The molecule has 1 aromatic carbocycles. The average molecular weight is 265 g/mol. The summed E-state index contributed by atoms with van der Waals surface area (Å²) in [4.78, 5) is 17.0. The van der Waals surface area contributed by atoms with Crippen LogP contribution >= 0.6 is 0 Å². The maximum absolute atomic E-state index is 12.7. The predicted octanol–water partition coefficient (Wildman–Crippen LogP) is 3.07. The van der Waals surface area contributed by atoms with Gasteiger partial charge in [0, 0.05) is 29.9 Å². The lowest BCUT2D eigenvalue weighted by Gasteiger charge is -2.07. The molecule has 2 heterocycles. The Morgan fingerprint density at radius 2 is 2.05 bits per heavy atom. The number of hydrogen-bond donors (Lipinski definition) is 0. The molecular formula is C16H15N3O.